The summed E-state index contributed by atoms with van der Waals surface area (Å²) in [6.07, 6.45) is -4.16. The Kier molecular flexibility index (Phi) is 9.05. The van der Waals surface area contributed by atoms with Crippen molar-refractivity contribution in [2.24, 2.45) is 0 Å². The van der Waals surface area contributed by atoms with E-state index in [1.165, 1.54) is 38.5 Å². The van der Waals surface area contributed by atoms with E-state index in [9.17, 15) is 16.8 Å². The Bertz CT molecular complexity index is 1180. The summed E-state index contributed by atoms with van der Waals surface area (Å²) in [6, 6.07) is 12.2. The van der Waals surface area contributed by atoms with Gasteiger partial charge in [-0.2, -0.15) is 16.8 Å². The second-order valence-corrected chi connectivity index (χ2v) is 11.3. The van der Waals surface area contributed by atoms with Gasteiger partial charge < -0.3 is 18.9 Å². The van der Waals surface area contributed by atoms with Gasteiger partial charge >= 0.3 is 0 Å². The molecule has 3 rings (SSSR count). The van der Waals surface area contributed by atoms with Gasteiger partial charge in [-0.1, -0.05) is 35.4 Å². The molecule has 0 aliphatic carbocycles. The Balaban J connectivity index is 1.90. The zero-order chi connectivity index (χ0) is 25.8. The lowest BCUT2D eigenvalue weighted by atomic mass is 10.0. The highest BCUT2D eigenvalue weighted by atomic mass is 32.2. The minimum atomic E-state index is -4.28. The normalized spacial score (nSPS) is 24.3. The first-order valence-corrected chi connectivity index (χ1v) is 13.6. The van der Waals surface area contributed by atoms with Crippen molar-refractivity contribution in [2.75, 3.05) is 20.8 Å². The molecule has 0 N–H and O–H groups in total. The average molecular weight is 531 g/mol. The maximum absolute atomic E-state index is 13.1. The summed E-state index contributed by atoms with van der Waals surface area (Å²) in [6.45, 7) is 3.52. The topological polar surface area (TPSA) is 124 Å². The molecule has 10 nitrogen and oxygen atoms in total. The first-order chi connectivity index (χ1) is 16.5. The predicted octanol–water partition coefficient (Wildman–Crippen LogP) is 2.53. The van der Waals surface area contributed by atoms with E-state index in [0.29, 0.717) is 0 Å². The fourth-order valence-electron chi connectivity index (χ4n) is 3.38. The smallest absolute Gasteiger partial charge is 0.297 e. The van der Waals surface area contributed by atoms with Crippen LogP contribution in [0.15, 0.2) is 58.3 Å². The second kappa shape index (κ2) is 11.4. The molecule has 2 aromatic carbocycles. The molecule has 5 unspecified atom stereocenters. The third-order valence-electron chi connectivity index (χ3n) is 5.52. The van der Waals surface area contributed by atoms with Crippen LogP contribution in [0.3, 0.4) is 0 Å². The highest BCUT2D eigenvalue weighted by Crippen LogP contribution is 2.30. The van der Waals surface area contributed by atoms with Crippen LogP contribution in [0.25, 0.3) is 0 Å². The van der Waals surface area contributed by atoms with Gasteiger partial charge in [0.15, 0.2) is 0 Å². The number of hydrogen-bond donors (Lipinski definition) is 0. The van der Waals surface area contributed by atoms with Gasteiger partial charge in [-0.3, -0.25) is 8.37 Å². The van der Waals surface area contributed by atoms with Crippen LogP contribution in [0.4, 0.5) is 0 Å². The van der Waals surface area contributed by atoms with E-state index in [2.05, 4.69) is 0 Å². The number of benzene rings is 2. The number of methoxy groups -OCH3 is 2. The van der Waals surface area contributed by atoms with E-state index in [0.717, 1.165) is 11.1 Å². The number of rotatable bonds is 10. The molecule has 0 saturated carbocycles. The summed E-state index contributed by atoms with van der Waals surface area (Å²) in [5.74, 6) is 0. The lowest BCUT2D eigenvalue weighted by Crippen LogP contribution is -2.58. The number of hydrogen-bond acceptors (Lipinski definition) is 10. The van der Waals surface area contributed by atoms with Crippen LogP contribution < -0.4 is 0 Å². The van der Waals surface area contributed by atoms with E-state index >= 15 is 0 Å². The van der Waals surface area contributed by atoms with Crippen molar-refractivity contribution in [2.45, 2.75) is 61.5 Å². The summed E-state index contributed by atoms with van der Waals surface area (Å²) in [5, 5.41) is 0. The Hall–Kier alpha value is -1.90. The van der Waals surface area contributed by atoms with Crippen LogP contribution in [-0.4, -0.2) is 68.6 Å². The minimum absolute atomic E-state index is 0.0509. The third-order valence-corrected chi connectivity index (χ3v) is 8.14. The fourth-order valence-corrected chi connectivity index (χ4v) is 5.41. The molecule has 0 bridgehead atoms. The van der Waals surface area contributed by atoms with E-state index < -0.39 is 57.7 Å². The van der Waals surface area contributed by atoms with Gasteiger partial charge in [0.25, 0.3) is 26.7 Å². The molecule has 1 aliphatic heterocycles. The first kappa shape index (κ1) is 27.7. The summed E-state index contributed by atoms with van der Waals surface area (Å²) < 4.78 is 84.2. The quantitative estimate of drug-likeness (QED) is 0.423. The molecule has 35 heavy (non-hydrogen) atoms. The van der Waals surface area contributed by atoms with E-state index in [4.69, 9.17) is 27.3 Å². The Morgan fingerprint density at radius 2 is 1.34 bits per heavy atom. The van der Waals surface area contributed by atoms with Crippen molar-refractivity contribution < 1.29 is 44.1 Å². The molecular formula is C23H30O10S2. The van der Waals surface area contributed by atoms with Crippen LogP contribution in [0, 0.1) is 13.8 Å². The van der Waals surface area contributed by atoms with Crippen molar-refractivity contribution >= 4 is 20.2 Å². The minimum Gasteiger partial charge on any atom is -0.379 e. The SMILES string of the molecule is COC1OC(COS(=O)(=O)c2ccc(C)cc2)C(OS(=O)(=O)c2ccc(C)cc2)C(C(C)OC)O1. The van der Waals surface area contributed by atoms with E-state index in [1.54, 1.807) is 31.2 Å². The van der Waals surface area contributed by atoms with Gasteiger partial charge in [-0.25, -0.2) is 0 Å². The van der Waals surface area contributed by atoms with Crippen molar-refractivity contribution in [1.29, 1.82) is 0 Å². The molecule has 1 aliphatic rings. The highest BCUT2D eigenvalue weighted by molar-refractivity contribution is 7.87. The van der Waals surface area contributed by atoms with Gasteiger partial charge in [-0.05, 0) is 45.0 Å². The monoisotopic (exact) mass is 530 g/mol. The number of ether oxygens (including phenoxy) is 4. The molecule has 194 valence electrons. The lowest BCUT2D eigenvalue weighted by Gasteiger charge is -2.41. The Morgan fingerprint density at radius 1 is 0.829 bits per heavy atom. The predicted molar refractivity (Wildman–Crippen MR) is 125 cm³/mol. The van der Waals surface area contributed by atoms with Gasteiger partial charge in [-0.15, -0.1) is 0 Å². The van der Waals surface area contributed by atoms with Crippen LogP contribution in [0.1, 0.15) is 18.1 Å². The maximum Gasteiger partial charge on any atom is 0.297 e. The van der Waals surface area contributed by atoms with Crippen molar-refractivity contribution in [3.05, 3.63) is 59.7 Å². The Morgan fingerprint density at radius 3 is 1.83 bits per heavy atom. The maximum atomic E-state index is 13.1. The molecule has 0 spiro atoms. The van der Waals surface area contributed by atoms with Gasteiger partial charge in [0.05, 0.1) is 22.5 Å². The Labute approximate surface area is 206 Å². The molecule has 12 heteroatoms. The molecule has 2 aromatic rings. The fraction of sp³-hybridized carbons (Fsp3) is 0.478. The van der Waals surface area contributed by atoms with E-state index in [-0.39, 0.29) is 9.79 Å². The zero-order valence-corrected chi connectivity index (χ0v) is 21.7. The van der Waals surface area contributed by atoms with E-state index in [1.807, 2.05) is 13.8 Å². The second-order valence-electron chi connectivity index (χ2n) is 8.12. The van der Waals surface area contributed by atoms with Crippen LogP contribution >= 0.6 is 0 Å². The van der Waals surface area contributed by atoms with Crippen LogP contribution in [-0.2, 0) is 47.5 Å². The van der Waals surface area contributed by atoms with Crippen molar-refractivity contribution in [3.8, 4) is 0 Å². The molecule has 1 fully saturated rings. The largest absolute Gasteiger partial charge is 0.379 e. The average Bonchev–Trinajstić information content (AvgIpc) is 2.83. The molecular weight excluding hydrogens is 500 g/mol. The molecule has 0 amide bonds. The first-order valence-electron chi connectivity index (χ1n) is 10.8. The van der Waals surface area contributed by atoms with Gasteiger partial charge in [0.2, 0.25) is 0 Å². The molecule has 0 radical (unpaired) electrons. The lowest BCUT2D eigenvalue weighted by molar-refractivity contribution is -0.374. The molecule has 1 saturated heterocycles. The third kappa shape index (κ3) is 6.86. The van der Waals surface area contributed by atoms with Gasteiger partial charge in [0.1, 0.15) is 18.3 Å². The molecule has 0 aromatic heterocycles. The summed E-state index contributed by atoms with van der Waals surface area (Å²) in [5.41, 5.74) is 1.75. The van der Waals surface area contributed by atoms with Gasteiger partial charge in [0, 0.05) is 14.2 Å². The van der Waals surface area contributed by atoms with Crippen LogP contribution in [0.5, 0.6) is 0 Å². The zero-order valence-electron chi connectivity index (χ0n) is 20.1. The summed E-state index contributed by atoms with van der Waals surface area (Å²) in [7, 11) is -5.70. The standard InChI is InChI=1S/C23H30O10S2/c1-15-6-10-18(11-7-15)34(24,25)30-14-20-22(21(17(3)28-4)32-23(29-5)31-20)33-35(26,27)19-12-8-16(2)9-13-19/h6-13,17,20-23H,14H2,1-5H3. The summed E-state index contributed by atoms with van der Waals surface area (Å²) in [4.78, 5) is -0.127. The molecule has 5 atom stereocenters. The number of aryl methyl sites for hydroxylation is 2. The summed E-state index contributed by atoms with van der Waals surface area (Å²) >= 11 is 0. The highest BCUT2D eigenvalue weighted by Gasteiger charge is 2.46. The van der Waals surface area contributed by atoms with Crippen molar-refractivity contribution in [1.82, 2.24) is 0 Å². The van der Waals surface area contributed by atoms with Crippen LogP contribution in [0.2, 0.25) is 0 Å². The molecule has 1 heterocycles. The van der Waals surface area contributed by atoms with Crippen molar-refractivity contribution in [3.63, 3.8) is 0 Å².